The number of nitrogens with zero attached hydrogens (tertiary/aromatic N) is 1. The third-order valence-corrected chi connectivity index (χ3v) is 24.3. The first-order chi connectivity index (χ1) is 53.5. The molecule has 2 heterocycles. The minimum atomic E-state index is -0.508. The molecule has 0 bridgehead atoms. The van der Waals surface area contributed by atoms with Crippen molar-refractivity contribution in [1.29, 1.82) is 0 Å². The zero-order valence-corrected chi connectivity index (χ0v) is 62.5. The lowest BCUT2D eigenvalue weighted by Crippen LogP contribution is -2.28. The van der Waals surface area contributed by atoms with E-state index in [1.165, 1.54) is 111 Å². The number of furan rings is 2. The Balaban J connectivity index is 0.000000123. The number of rotatable bonds is 9. The molecular weight excluding hydrogens is 1390 g/mol. The lowest BCUT2D eigenvalue weighted by atomic mass is 9.67. The fourth-order valence-electron chi connectivity index (χ4n) is 19.0. The quantitative estimate of drug-likeness (QED) is 0.156. The first-order valence-electron chi connectivity index (χ1n) is 37.7. The van der Waals surface area contributed by atoms with Crippen molar-refractivity contribution < 1.29 is 8.83 Å². The van der Waals surface area contributed by atoms with Crippen LogP contribution in [0, 0.1) is 0 Å². The summed E-state index contributed by atoms with van der Waals surface area (Å²) in [5.74, 6) is 0. The predicted octanol–water partition coefficient (Wildman–Crippen LogP) is 28.2. The van der Waals surface area contributed by atoms with Crippen molar-refractivity contribution in [2.45, 2.75) is 49.4 Å². The predicted molar refractivity (Wildman–Crippen MR) is 456 cm³/mol. The Kier molecular flexibility index (Phi) is 15.5. The summed E-state index contributed by atoms with van der Waals surface area (Å²) >= 11 is 3.56. The van der Waals surface area contributed by atoms with Crippen LogP contribution in [0.5, 0.6) is 0 Å². The number of benzene rings is 16. The van der Waals surface area contributed by atoms with Gasteiger partial charge < -0.3 is 19.1 Å². The number of hydrogen-bond donors (Lipinski definition) is 1. The molecule has 2 aromatic heterocycles. The van der Waals surface area contributed by atoms with Crippen molar-refractivity contribution in [3.8, 4) is 44.5 Å². The molecule has 109 heavy (non-hydrogen) atoms. The van der Waals surface area contributed by atoms with E-state index in [4.69, 9.17) is 8.83 Å². The van der Waals surface area contributed by atoms with Gasteiger partial charge in [-0.2, -0.15) is 0 Å². The Bertz CT molecular complexity index is 6540. The second-order valence-electron chi connectivity index (χ2n) is 30.3. The summed E-state index contributed by atoms with van der Waals surface area (Å²) in [6, 6.07) is 136. The van der Waals surface area contributed by atoms with Gasteiger partial charge in [0.2, 0.25) is 0 Å². The Morgan fingerprint density at radius 1 is 0.266 bits per heavy atom. The fourth-order valence-corrected chi connectivity index (χ4v) is 19.4. The summed E-state index contributed by atoms with van der Waals surface area (Å²) in [7, 11) is 0. The molecule has 4 nitrogen and oxygen atoms in total. The first kappa shape index (κ1) is 65.7. The molecular formula is C104H75BrN2O2. The van der Waals surface area contributed by atoms with Gasteiger partial charge in [-0.1, -0.05) is 335 Å². The van der Waals surface area contributed by atoms with Crippen LogP contribution in [-0.4, -0.2) is 0 Å². The maximum absolute atomic E-state index is 6.49. The zero-order valence-electron chi connectivity index (χ0n) is 60.9. The van der Waals surface area contributed by atoms with Crippen LogP contribution in [0.4, 0.5) is 28.4 Å². The molecule has 4 aliphatic carbocycles. The average molecular weight is 1460 g/mol. The van der Waals surface area contributed by atoms with E-state index >= 15 is 0 Å². The second-order valence-corrected chi connectivity index (χ2v) is 31.2. The minimum Gasteiger partial charge on any atom is -0.456 e. The molecule has 1 N–H and O–H groups in total. The van der Waals surface area contributed by atoms with E-state index in [0.29, 0.717) is 0 Å². The van der Waals surface area contributed by atoms with Crippen LogP contribution in [0.1, 0.15) is 94.5 Å². The molecule has 0 unspecified atom stereocenters. The lowest BCUT2D eigenvalue weighted by molar-refractivity contribution is 0.660. The standard InChI is InChI=1S/C52H37NO.C37H25NO.C15H13Br/c1-51(2)43-24-10-6-20-38(43)41-31-30-37(33-46(41)51)53(47-27-15-29-49-50(47)42-23-9-13-28-48(42)54-49)36-19-14-18-35(32-36)52(34-16-4-3-5-17-34)44-25-11-7-21-39(44)40-22-8-12-26-45(40)52;1-2-12-25(13-3-1)37(31-19-7-4-16-28(31)29-17-5-8-20-32(29)37)26-14-10-15-27(24-26)38-33-21-11-23-35-36(33)30-18-6-9-22-34(30)39-35;1-15(2)13-6-4-3-5-11(13)12-8-7-10(16)9-14(12)15/h3-33H,1-2H3;1-24,38H;3-9H,1-2H3. The van der Waals surface area contributed by atoms with Crippen molar-refractivity contribution in [1.82, 2.24) is 0 Å². The molecule has 0 spiro atoms. The van der Waals surface area contributed by atoms with Gasteiger partial charge in [0.05, 0.1) is 33.0 Å². The van der Waals surface area contributed by atoms with Crippen molar-refractivity contribution >= 4 is 88.2 Å². The largest absolute Gasteiger partial charge is 0.456 e. The lowest BCUT2D eigenvalue weighted by Gasteiger charge is -2.35. The molecule has 22 rings (SSSR count). The molecule has 16 aromatic carbocycles. The molecule has 18 aromatic rings. The zero-order chi connectivity index (χ0) is 73.2. The molecule has 0 amide bonds. The highest BCUT2D eigenvalue weighted by molar-refractivity contribution is 9.10. The maximum Gasteiger partial charge on any atom is 0.137 e. The number of fused-ring (bicyclic) bond motifs is 18. The van der Waals surface area contributed by atoms with Crippen molar-refractivity contribution in [2.24, 2.45) is 0 Å². The van der Waals surface area contributed by atoms with Crippen molar-refractivity contribution in [2.75, 3.05) is 10.2 Å². The van der Waals surface area contributed by atoms with Gasteiger partial charge in [0, 0.05) is 43.1 Å². The minimum absolute atomic E-state index is 0.121. The second kappa shape index (κ2) is 25.7. The normalized spacial score (nSPS) is 14.2. The van der Waals surface area contributed by atoms with E-state index < -0.39 is 10.8 Å². The molecule has 4 aliphatic rings. The number of anilines is 5. The van der Waals surface area contributed by atoms with Crippen LogP contribution in [0.25, 0.3) is 88.4 Å². The first-order valence-corrected chi connectivity index (χ1v) is 38.5. The molecule has 0 radical (unpaired) electrons. The van der Waals surface area contributed by atoms with Crippen molar-refractivity contribution in [3.05, 3.63) is 447 Å². The van der Waals surface area contributed by atoms with Gasteiger partial charge in [0.1, 0.15) is 22.3 Å². The third kappa shape index (κ3) is 10.2. The Hall–Kier alpha value is -12.8. The summed E-state index contributed by atoms with van der Waals surface area (Å²) in [4.78, 5) is 2.46. The Morgan fingerprint density at radius 2 is 0.633 bits per heavy atom. The third-order valence-electron chi connectivity index (χ3n) is 23.8. The summed E-state index contributed by atoms with van der Waals surface area (Å²) in [6.45, 7) is 9.30. The van der Waals surface area contributed by atoms with Crippen LogP contribution in [0.3, 0.4) is 0 Å². The highest BCUT2D eigenvalue weighted by Crippen LogP contribution is 2.60. The molecule has 0 fully saturated rings. The number of nitrogens with one attached hydrogen (secondary N) is 1. The van der Waals surface area contributed by atoms with Gasteiger partial charge in [-0.15, -0.1) is 0 Å². The van der Waals surface area contributed by atoms with E-state index in [1.54, 1.807) is 0 Å². The van der Waals surface area contributed by atoms with Crippen LogP contribution in [0.2, 0.25) is 0 Å². The number of halogens is 1. The molecule has 0 saturated heterocycles. The van der Waals surface area contributed by atoms with Crippen LogP contribution < -0.4 is 10.2 Å². The van der Waals surface area contributed by atoms with Crippen LogP contribution in [0.15, 0.2) is 389 Å². The molecule has 0 aliphatic heterocycles. The Morgan fingerprint density at radius 3 is 1.17 bits per heavy atom. The van der Waals surface area contributed by atoms with Crippen LogP contribution >= 0.6 is 15.9 Å². The summed E-state index contributed by atoms with van der Waals surface area (Å²) in [5, 5.41) is 8.18. The van der Waals surface area contributed by atoms with Gasteiger partial charge in [-0.25, -0.2) is 0 Å². The number of hydrogen-bond acceptors (Lipinski definition) is 4. The van der Waals surface area contributed by atoms with Gasteiger partial charge in [-0.3, -0.25) is 0 Å². The van der Waals surface area contributed by atoms with Gasteiger partial charge in [0.15, 0.2) is 0 Å². The smallest absolute Gasteiger partial charge is 0.137 e. The molecule has 520 valence electrons. The highest BCUT2D eigenvalue weighted by atomic mass is 79.9. The molecule has 0 saturated carbocycles. The van der Waals surface area contributed by atoms with Gasteiger partial charge in [0.25, 0.3) is 0 Å². The molecule has 5 heteroatoms. The topological polar surface area (TPSA) is 41.6 Å². The van der Waals surface area contributed by atoms with E-state index in [-0.39, 0.29) is 10.8 Å². The van der Waals surface area contributed by atoms with Crippen molar-refractivity contribution in [3.63, 3.8) is 0 Å². The van der Waals surface area contributed by atoms with E-state index in [2.05, 4.69) is 400 Å². The fraction of sp³-hybridized carbons (Fsp3) is 0.0769. The summed E-state index contributed by atoms with van der Waals surface area (Å²) in [5.41, 5.74) is 34.3. The summed E-state index contributed by atoms with van der Waals surface area (Å²) in [6.07, 6.45) is 0. The van der Waals surface area contributed by atoms with E-state index in [1.807, 2.05) is 30.3 Å². The van der Waals surface area contributed by atoms with E-state index in [0.717, 1.165) is 76.8 Å². The SMILES string of the molecule is CC1(C)c2ccccc2-c2ccc(Br)cc21.CC1(C)c2ccccc2-c2ccc(N(c3cccc(C4(c5ccccc5)c5ccccc5-c5ccccc54)c3)c3cccc4oc5ccccc5c34)cc21.c1ccc(C2(c3cccc(Nc4cccc5oc6ccccc6c45)c3)c3ccccc3-c3ccccc32)cc1. The van der Waals surface area contributed by atoms with Crippen LogP contribution in [-0.2, 0) is 21.7 Å². The summed E-state index contributed by atoms with van der Waals surface area (Å²) < 4.78 is 13.8. The molecule has 0 atom stereocenters. The average Bonchev–Trinajstić information content (AvgIpc) is 1.68. The maximum atomic E-state index is 6.49. The van der Waals surface area contributed by atoms with Gasteiger partial charge in [-0.05, 0) is 196 Å². The monoisotopic (exact) mass is 1460 g/mol. The highest BCUT2D eigenvalue weighted by Gasteiger charge is 2.48. The van der Waals surface area contributed by atoms with E-state index in [9.17, 15) is 0 Å². The van der Waals surface area contributed by atoms with Gasteiger partial charge >= 0.3 is 0 Å². The number of para-hydroxylation sites is 2. The Labute approximate surface area is 644 Å².